The molecule has 0 unspecified atom stereocenters. The molecule has 0 aliphatic heterocycles. The Hall–Kier alpha value is -1.22. The highest BCUT2D eigenvalue weighted by Crippen LogP contribution is 2.24. The number of nitrogens with one attached hydrogen (secondary N) is 1. The Balaban J connectivity index is 2.84. The number of amides is 1. The molecule has 1 aromatic rings. The molecule has 0 aliphatic carbocycles. The van der Waals surface area contributed by atoms with E-state index in [4.69, 9.17) is 4.84 Å². The van der Waals surface area contributed by atoms with Crippen LogP contribution in [0.25, 0.3) is 0 Å². The van der Waals surface area contributed by atoms with Crippen molar-refractivity contribution in [2.75, 3.05) is 0 Å². The van der Waals surface area contributed by atoms with Crippen LogP contribution in [0.5, 0.6) is 0 Å². The Labute approximate surface area is 105 Å². The van der Waals surface area contributed by atoms with Crippen molar-refractivity contribution in [2.24, 2.45) is 0 Å². The van der Waals surface area contributed by atoms with Crippen LogP contribution >= 0.6 is 22.6 Å². The normalized spacial score (nSPS) is 9.88. The molecule has 1 rings (SSSR count). The summed E-state index contributed by atoms with van der Waals surface area (Å²) in [5.41, 5.74) is 2.55. The molecule has 0 atom stereocenters. The van der Waals surface area contributed by atoms with Gasteiger partial charge in [0.15, 0.2) is 0 Å². The maximum Gasteiger partial charge on any atom is 0.276 e. The van der Waals surface area contributed by atoms with Crippen molar-refractivity contribution in [3.05, 3.63) is 37.4 Å². The van der Waals surface area contributed by atoms with Crippen molar-refractivity contribution in [2.45, 2.75) is 13.5 Å². The zero-order valence-corrected chi connectivity index (χ0v) is 10.6. The van der Waals surface area contributed by atoms with Gasteiger partial charge in [0.05, 0.1) is 10.5 Å². The lowest BCUT2D eigenvalue weighted by molar-refractivity contribution is -0.386. The second-order valence-electron chi connectivity index (χ2n) is 2.94. The molecule has 16 heavy (non-hydrogen) atoms. The van der Waals surface area contributed by atoms with Gasteiger partial charge in [-0.15, -0.1) is 0 Å². The molecular weight excluding hydrogens is 327 g/mol. The van der Waals surface area contributed by atoms with Gasteiger partial charge in [-0.1, -0.05) is 6.07 Å². The summed E-state index contributed by atoms with van der Waals surface area (Å²) in [4.78, 5) is 25.7. The first-order valence-electron chi connectivity index (χ1n) is 4.32. The zero-order valence-electron chi connectivity index (χ0n) is 8.40. The number of benzene rings is 1. The van der Waals surface area contributed by atoms with Gasteiger partial charge < -0.3 is 0 Å². The van der Waals surface area contributed by atoms with Crippen LogP contribution in [0.1, 0.15) is 12.5 Å². The predicted octanol–water partition coefficient (Wildman–Crippen LogP) is 1.77. The number of nitrogens with zero attached hydrogens (tertiary/aromatic N) is 1. The Morgan fingerprint density at radius 2 is 2.31 bits per heavy atom. The molecule has 0 saturated heterocycles. The monoisotopic (exact) mass is 336 g/mol. The smallest absolute Gasteiger partial charge is 0.273 e. The van der Waals surface area contributed by atoms with Gasteiger partial charge in [-0.2, -0.15) is 0 Å². The van der Waals surface area contributed by atoms with Gasteiger partial charge in [-0.05, 0) is 28.7 Å². The lowest BCUT2D eigenvalue weighted by Crippen LogP contribution is -2.20. The standard InChI is InChI=1S/C9H9IN2O4/c1-6(13)11-16-5-7-8(10)3-2-4-9(7)12(14)15/h2-4H,5H2,1H3,(H,11,13). The minimum atomic E-state index is -0.478. The predicted molar refractivity (Wildman–Crippen MR) is 64.4 cm³/mol. The van der Waals surface area contributed by atoms with Gasteiger partial charge in [0.25, 0.3) is 5.69 Å². The van der Waals surface area contributed by atoms with E-state index < -0.39 is 4.92 Å². The van der Waals surface area contributed by atoms with Gasteiger partial charge in [0, 0.05) is 16.6 Å². The van der Waals surface area contributed by atoms with Crippen LogP contribution < -0.4 is 5.48 Å². The SMILES string of the molecule is CC(=O)NOCc1c(I)cccc1[N+](=O)[O-]. The van der Waals surface area contributed by atoms with Gasteiger partial charge in [-0.25, -0.2) is 5.48 Å². The first-order chi connectivity index (χ1) is 7.52. The highest BCUT2D eigenvalue weighted by Gasteiger charge is 2.16. The summed E-state index contributed by atoms with van der Waals surface area (Å²) >= 11 is 1.98. The summed E-state index contributed by atoms with van der Waals surface area (Å²) in [5.74, 6) is -0.353. The molecule has 1 aromatic carbocycles. The molecule has 1 N–H and O–H groups in total. The number of nitro benzene ring substituents is 1. The molecular formula is C9H9IN2O4. The largest absolute Gasteiger partial charge is 0.276 e. The molecule has 86 valence electrons. The maximum atomic E-state index is 10.7. The quantitative estimate of drug-likeness (QED) is 0.516. The van der Waals surface area contributed by atoms with Crippen LogP contribution in [-0.2, 0) is 16.2 Å². The molecule has 0 bridgehead atoms. The molecule has 0 heterocycles. The zero-order chi connectivity index (χ0) is 12.1. The summed E-state index contributed by atoms with van der Waals surface area (Å²) in [6.45, 7) is 1.26. The summed E-state index contributed by atoms with van der Waals surface area (Å²) in [6.07, 6.45) is 0. The number of hydroxylamine groups is 1. The third kappa shape index (κ3) is 3.42. The van der Waals surface area contributed by atoms with Crippen molar-refractivity contribution in [1.82, 2.24) is 5.48 Å². The van der Waals surface area contributed by atoms with Crippen molar-refractivity contribution in [1.29, 1.82) is 0 Å². The molecule has 1 amide bonds. The van der Waals surface area contributed by atoms with E-state index in [-0.39, 0.29) is 18.2 Å². The number of halogens is 1. The number of carbonyl (C=O) groups is 1. The average Bonchev–Trinajstić information content (AvgIpc) is 2.19. The van der Waals surface area contributed by atoms with E-state index in [2.05, 4.69) is 5.48 Å². The van der Waals surface area contributed by atoms with Gasteiger partial charge in [0.1, 0.15) is 6.61 Å². The molecule has 0 radical (unpaired) electrons. The first kappa shape index (κ1) is 12.8. The second-order valence-corrected chi connectivity index (χ2v) is 4.10. The van der Waals surface area contributed by atoms with Crippen LogP contribution in [0.15, 0.2) is 18.2 Å². The Morgan fingerprint density at radius 3 is 2.88 bits per heavy atom. The summed E-state index contributed by atoms with van der Waals surface area (Å²) < 4.78 is 0.720. The maximum absolute atomic E-state index is 10.7. The van der Waals surface area contributed by atoms with Crippen LogP contribution in [0.2, 0.25) is 0 Å². The minimum absolute atomic E-state index is 0.0164. The van der Waals surface area contributed by atoms with E-state index in [1.54, 1.807) is 12.1 Å². The third-order valence-electron chi connectivity index (χ3n) is 1.72. The van der Waals surface area contributed by atoms with E-state index in [0.29, 0.717) is 5.56 Å². The van der Waals surface area contributed by atoms with Crippen LogP contribution in [-0.4, -0.2) is 10.8 Å². The molecule has 7 heteroatoms. The fraction of sp³-hybridized carbons (Fsp3) is 0.222. The van der Waals surface area contributed by atoms with E-state index in [1.807, 2.05) is 22.6 Å². The van der Waals surface area contributed by atoms with Crippen LogP contribution in [0.3, 0.4) is 0 Å². The minimum Gasteiger partial charge on any atom is -0.273 e. The average molecular weight is 336 g/mol. The third-order valence-corrected chi connectivity index (χ3v) is 2.73. The van der Waals surface area contributed by atoms with Crippen LogP contribution in [0, 0.1) is 13.7 Å². The lowest BCUT2D eigenvalue weighted by atomic mass is 10.2. The van der Waals surface area contributed by atoms with Crippen molar-refractivity contribution in [3.8, 4) is 0 Å². The Kier molecular flexibility index (Phi) is 4.62. The molecule has 0 saturated carbocycles. The van der Waals surface area contributed by atoms with Gasteiger partial charge >= 0.3 is 0 Å². The van der Waals surface area contributed by atoms with E-state index in [1.165, 1.54) is 13.0 Å². The lowest BCUT2D eigenvalue weighted by Gasteiger charge is -2.06. The Bertz CT molecular complexity index is 422. The molecule has 0 aliphatic rings. The fourth-order valence-electron chi connectivity index (χ4n) is 1.07. The van der Waals surface area contributed by atoms with E-state index in [0.717, 1.165) is 3.57 Å². The fourth-order valence-corrected chi connectivity index (χ4v) is 1.71. The van der Waals surface area contributed by atoms with E-state index in [9.17, 15) is 14.9 Å². The van der Waals surface area contributed by atoms with Crippen molar-refractivity contribution >= 4 is 34.2 Å². The van der Waals surface area contributed by atoms with E-state index >= 15 is 0 Å². The molecule has 0 aromatic heterocycles. The number of nitro groups is 1. The van der Waals surface area contributed by atoms with Crippen molar-refractivity contribution in [3.63, 3.8) is 0 Å². The van der Waals surface area contributed by atoms with Crippen LogP contribution in [0.4, 0.5) is 5.69 Å². The summed E-state index contributed by atoms with van der Waals surface area (Å²) in [5, 5.41) is 10.7. The molecule has 0 fully saturated rings. The Morgan fingerprint density at radius 1 is 1.62 bits per heavy atom. The highest BCUT2D eigenvalue weighted by molar-refractivity contribution is 14.1. The highest BCUT2D eigenvalue weighted by atomic mass is 127. The van der Waals surface area contributed by atoms with Gasteiger partial charge in [0.2, 0.25) is 5.91 Å². The number of rotatable bonds is 4. The molecule has 0 spiro atoms. The number of hydrogen-bond acceptors (Lipinski definition) is 4. The topological polar surface area (TPSA) is 81.5 Å². The van der Waals surface area contributed by atoms with Crippen molar-refractivity contribution < 1.29 is 14.6 Å². The second kappa shape index (κ2) is 5.75. The summed E-state index contributed by atoms with van der Waals surface area (Å²) in [6, 6.07) is 4.73. The molecule has 6 nitrogen and oxygen atoms in total. The summed E-state index contributed by atoms with van der Waals surface area (Å²) in [7, 11) is 0. The number of hydrogen-bond donors (Lipinski definition) is 1. The van der Waals surface area contributed by atoms with Gasteiger partial charge in [-0.3, -0.25) is 19.7 Å². The first-order valence-corrected chi connectivity index (χ1v) is 5.40. The number of carbonyl (C=O) groups excluding carboxylic acids is 1.